The number of carboxylic acids is 1. The van der Waals surface area contributed by atoms with Gasteiger partial charge < -0.3 is 39.4 Å². The van der Waals surface area contributed by atoms with Gasteiger partial charge in [-0.25, -0.2) is 4.79 Å². The fourth-order valence-electron chi connectivity index (χ4n) is 6.33. The number of carbonyl (C=O) groups is 3. The van der Waals surface area contributed by atoms with Gasteiger partial charge in [-0.1, -0.05) is 139 Å². The fraction of sp³-hybridized carbons (Fsp3) is 0.723. The van der Waals surface area contributed by atoms with E-state index in [1.165, 1.54) is 32.1 Å². The minimum Gasteiger partial charge on any atom is -0.479 e. The molecule has 11 nitrogen and oxygen atoms in total. The Labute approximate surface area is 349 Å². The molecule has 1 fully saturated rings. The first-order valence-corrected chi connectivity index (χ1v) is 22.3. The van der Waals surface area contributed by atoms with Crippen LogP contribution in [0.1, 0.15) is 168 Å². The van der Waals surface area contributed by atoms with Crippen LogP contribution in [0.4, 0.5) is 0 Å². The Morgan fingerprint density at radius 3 is 1.53 bits per heavy atom. The molecule has 0 aliphatic carbocycles. The summed E-state index contributed by atoms with van der Waals surface area (Å²) >= 11 is 0. The maximum Gasteiger partial charge on any atom is 0.335 e. The predicted molar refractivity (Wildman–Crippen MR) is 229 cm³/mol. The van der Waals surface area contributed by atoms with E-state index in [2.05, 4.69) is 74.6 Å². The quantitative estimate of drug-likeness (QED) is 0.0270. The first-order valence-electron chi connectivity index (χ1n) is 22.3. The van der Waals surface area contributed by atoms with Gasteiger partial charge in [-0.05, 0) is 77.0 Å². The van der Waals surface area contributed by atoms with Crippen LogP contribution < -0.4 is 0 Å². The van der Waals surface area contributed by atoms with E-state index in [0.717, 1.165) is 96.3 Å². The van der Waals surface area contributed by atoms with Gasteiger partial charge in [0.05, 0.1) is 6.61 Å². The Morgan fingerprint density at radius 1 is 0.552 bits per heavy atom. The molecule has 4 N–H and O–H groups in total. The van der Waals surface area contributed by atoms with E-state index in [1.807, 2.05) is 0 Å². The van der Waals surface area contributed by atoms with Crippen LogP contribution in [0.3, 0.4) is 0 Å². The van der Waals surface area contributed by atoms with Crippen molar-refractivity contribution in [1.29, 1.82) is 0 Å². The van der Waals surface area contributed by atoms with Gasteiger partial charge in [-0.2, -0.15) is 0 Å². The molecule has 0 spiro atoms. The van der Waals surface area contributed by atoms with Gasteiger partial charge >= 0.3 is 17.9 Å². The largest absolute Gasteiger partial charge is 0.479 e. The van der Waals surface area contributed by atoms with Crippen LogP contribution in [0.2, 0.25) is 0 Å². The number of carbonyl (C=O) groups excluding carboxylic acids is 2. The number of esters is 2. The van der Waals surface area contributed by atoms with E-state index in [4.69, 9.17) is 18.9 Å². The van der Waals surface area contributed by atoms with Crippen LogP contribution in [0.15, 0.2) is 60.8 Å². The van der Waals surface area contributed by atoms with Crippen molar-refractivity contribution in [3.8, 4) is 0 Å². The number of hydrogen-bond donors (Lipinski definition) is 4. The highest BCUT2D eigenvalue weighted by atomic mass is 16.7. The highest BCUT2D eigenvalue weighted by Gasteiger charge is 2.47. The van der Waals surface area contributed by atoms with Crippen molar-refractivity contribution < 1.29 is 53.8 Å². The second-order valence-electron chi connectivity index (χ2n) is 15.2. The molecule has 1 saturated heterocycles. The van der Waals surface area contributed by atoms with Crippen LogP contribution >= 0.6 is 0 Å². The zero-order valence-electron chi connectivity index (χ0n) is 35.8. The average Bonchev–Trinajstić information content (AvgIpc) is 3.21. The van der Waals surface area contributed by atoms with Gasteiger partial charge in [0.25, 0.3) is 0 Å². The lowest BCUT2D eigenvalue weighted by atomic mass is 9.99. The normalized spacial score (nSPS) is 20.6. The lowest BCUT2D eigenvalue weighted by molar-refractivity contribution is -0.298. The summed E-state index contributed by atoms with van der Waals surface area (Å²) in [5.74, 6) is -2.48. The molecular formula is C47H78O11. The van der Waals surface area contributed by atoms with Crippen molar-refractivity contribution in [2.75, 3.05) is 13.2 Å². The van der Waals surface area contributed by atoms with Crippen LogP contribution in [0, 0.1) is 0 Å². The van der Waals surface area contributed by atoms with Crippen LogP contribution in [-0.4, -0.2) is 88.4 Å². The summed E-state index contributed by atoms with van der Waals surface area (Å²) in [6.07, 6.45) is 35.5. The molecule has 0 aromatic carbocycles. The third-order valence-electron chi connectivity index (χ3n) is 9.85. The first-order chi connectivity index (χ1) is 28.2. The summed E-state index contributed by atoms with van der Waals surface area (Å²) in [6, 6.07) is 0. The van der Waals surface area contributed by atoms with Crippen molar-refractivity contribution in [3.05, 3.63) is 60.8 Å². The maximum absolute atomic E-state index is 12.8. The molecule has 1 rings (SSSR count). The zero-order valence-corrected chi connectivity index (χ0v) is 35.8. The molecule has 0 bridgehead atoms. The van der Waals surface area contributed by atoms with E-state index >= 15 is 0 Å². The topological polar surface area (TPSA) is 169 Å². The molecule has 11 heteroatoms. The molecule has 0 aromatic rings. The molecule has 6 unspecified atom stereocenters. The standard InChI is InChI=1S/C47H78O11/c1-3-5-7-9-11-13-15-17-19-20-22-23-25-27-29-31-33-35-40(48)55-37-39(38-56-47-44(52)42(50)43(51)45(58-47)46(53)54)57-41(49)36-34-32-30-28-26-24-21-18-16-14-12-10-8-6-4-2/h5,7,11-14,17-19,21,39,42-45,47,50-52H,3-4,6,8-10,15-16,20,22-38H2,1-2H3,(H,53,54)/b7-5-,13-11-,14-12-,19-17-,21-18-. The Hall–Kier alpha value is -3.09. The Kier molecular flexibility index (Phi) is 33.7. The lowest BCUT2D eigenvalue weighted by Gasteiger charge is -2.38. The van der Waals surface area contributed by atoms with E-state index in [9.17, 15) is 34.8 Å². The third-order valence-corrected chi connectivity index (χ3v) is 9.85. The number of rotatable bonds is 36. The van der Waals surface area contributed by atoms with E-state index < -0.39 is 61.3 Å². The number of allylic oxidation sites excluding steroid dienone is 10. The second-order valence-corrected chi connectivity index (χ2v) is 15.2. The minimum atomic E-state index is -1.87. The summed E-state index contributed by atoms with van der Waals surface area (Å²) in [5.41, 5.74) is 0. The summed E-state index contributed by atoms with van der Waals surface area (Å²) in [7, 11) is 0. The molecule has 332 valence electrons. The predicted octanol–water partition coefficient (Wildman–Crippen LogP) is 9.53. The number of unbranched alkanes of at least 4 members (excludes halogenated alkanes) is 15. The molecule has 6 atom stereocenters. The Bertz CT molecular complexity index is 1190. The van der Waals surface area contributed by atoms with Gasteiger partial charge in [0.1, 0.15) is 24.9 Å². The number of ether oxygens (including phenoxy) is 4. The van der Waals surface area contributed by atoms with Crippen LogP contribution in [0.5, 0.6) is 0 Å². The summed E-state index contributed by atoms with van der Waals surface area (Å²) in [6.45, 7) is 3.65. The van der Waals surface area contributed by atoms with Crippen molar-refractivity contribution in [3.63, 3.8) is 0 Å². The molecular weight excluding hydrogens is 741 g/mol. The molecule has 58 heavy (non-hydrogen) atoms. The average molecular weight is 819 g/mol. The Morgan fingerprint density at radius 2 is 1.02 bits per heavy atom. The van der Waals surface area contributed by atoms with Gasteiger partial charge in [-0.3, -0.25) is 9.59 Å². The molecule has 0 radical (unpaired) electrons. The van der Waals surface area contributed by atoms with Gasteiger partial charge in [0.15, 0.2) is 18.5 Å². The SMILES string of the molecule is CC/C=C\C/C=C\C/C=C\CCCCCCCCCC(=O)OCC(COC1OC(C(=O)O)C(O)C(O)C1O)OC(=O)CCCCCCC/C=C\C/C=C\CCCCC. The Balaban J connectivity index is 2.39. The summed E-state index contributed by atoms with van der Waals surface area (Å²) < 4.78 is 21.7. The number of aliphatic hydroxyl groups excluding tert-OH is 3. The van der Waals surface area contributed by atoms with E-state index in [1.54, 1.807) is 0 Å². The van der Waals surface area contributed by atoms with Crippen LogP contribution in [-0.2, 0) is 33.3 Å². The zero-order chi connectivity index (χ0) is 42.5. The van der Waals surface area contributed by atoms with Gasteiger partial charge in [0, 0.05) is 12.8 Å². The molecule has 0 amide bonds. The fourth-order valence-corrected chi connectivity index (χ4v) is 6.33. The van der Waals surface area contributed by atoms with E-state index in [-0.39, 0.29) is 19.4 Å². The summed E-state index contributed by atoms with van der Waals surface area (Å²) in [5, 5.41) is 39.8. The van der Waals surface area contributed by atoms with Crippen molar-refractivity contribution in [1.82, 2.24) is 0 Å². The van der Waals surface area contributed by atoms with Gasteiger partial charge in [0.2, 0.25) is 0 Å². The van der Waals surface area contributed by atoms with Crippen molar-refractivity contribution in [2.45, 2.75) is 205 Å². The highest BCUT2D eigenvalue weighted by molar-refractivity contribution is 5.73. The monoisotopic (exact) mass is 819 g/mol. The van der Waals surface area contributed by atoms with Crippen LogP contribution in [0.25, 0.3) is 0 Å². The third kappa shape index (κ3) is 28.4. The number of aliphatic carboxylic acids is 1. The number of aliphatic hydroxyl groups is 3. The lowest BCUT2D eigenvalue weighted by Crippen LogP contribution is -2.60. The maximum atomic E-state index is 12.8. The van der Waals surface area contributed by atoms with Crippen molar-refractivity contribution in [2.24, 2.45) is 0 Å². The highest BCUT2D eigenvalue weighted by Crippen LogP contribution is 2.23. The number of carboxylic acid groups (broad SMARTS) is 1. The number of hydrogen-bond acceptors (Lipinski definition) is 10. The molecule has 0 saturated carbocycles. The molecule has 0 aromatic heterocycles. The summed E-state index contributed by atoms with van der Waals surface area (Å²) in [4.78, 5) is 36.8. The molecule has 1 aliphatic rings. The molecule has 1 heterocycles. The first kappa shape index (κ1) is 52.9. The minimum absolute atomic E-state index is 0.162. The van der Waals surface area contributed by atoms with E-state index in [0.29, 0.717) is 12.8 Å². The smallest absolute Gasteiger partial charge is 0.335 e. The van der Waals surface area contributed by atoms with Crippen molar-refractivity contribution >= 4 is 17.9 Å². The molecule has 1 aliphatic heterocycles. The van der Waals surface area contributed by atoms with Gasteiger partial charge in [-0.15, -0.1) is 0 Å². The second kappa shape index (κ2) is 36.9.